The van der Waals surface area contributed by atoms with Crippen LogP contribution in [0.4, 0.5) is 5.82 Å². The number of rotatable bonds is 11. The molecule has 2 aromatic rings. The van der Waals surface area contributed by atoms with Crippen LogP contribution < -0.4 is 14.4 Å². The number of aryl methyl sites for hydroxylation is 1. The van der Waals surface area contributed by atoms with Gasteiger partial charge in [0.1, 0.15) is 0 Å². The van der Waals surface area contributed by atoms with Gasteiger partial charge in [-0.05, 0) is 62.8 Å². The molecule has 0 spiro atoms. The SMILES string of the molecule is CCOc1nc(C(C)C)ccc1-c1nc(N(C)CC)c(OC(CC)CC)cc1CC. The second-order valence-electron chi connectivity index (χ2n) is 7.92. The Morgan fingerprint density at radius 2 is 1.70 bits per heavy atom. The molecule has 0 unspecified atom stereocenters. The maximum absolute atomic E-state index is 6.38. The molecule has 2 aromatic heterocycles. The second-order valence-corrected chi connectivity index (χ2v) is 7.92. The Balaban J connectivity index is 2.68. The van der Waals surface area contributed by atoms with Gasteiger partial charge in [-0.2, -0.15) is 0 Å². The summed E-state index contributed by atoms with van der Waals surface area (Å²) in [6, 6.07) is 6.35. The number of pyridine rings is 2. The van der Waals surface area contributed by atoms with E-state index in [2.05, 4.69) is 71.7 Å². The fourth-order valence-corrected chi connectivity index (χ4v) is 3.37. The lowest BCUT2D eigenvalue weighted by atomic mass is 10.0. The van der Waals surface area contributed by atoms with E-state index in [4.69, 9.17) is 19.4 Å². The van der Waals surface area contributed by atoms with Crippen LogP contribution in [0, 0.1) is 0 Å². The minimum absolute atomic E-state index is 0.192. The quantitative estimate of drug-likeness (QED) is 0.435. The maximum Gasteiger partial charge on any atom is 0.223 e. The summed E-state index contributed by atoms with van der Waals surface area (Å²) >= 11 is 0. The topological polar surface area (TPSA) is 47.5 Å². The van der Waals surface area contributed by atoms with Crippen molar-refractivity contribution in [2.75, 3.05) is 25.1 Å². The second kappa shape index (κ2) is 11.2. The summed E-state index contributed by atoms with van der Waals surface area (Å²) < 4.78 is 12.3. The molecule has 0 N–H and O–H groups in total. The lowest BCUT2D eigenvalue weighted by Gasteiger charge is -2.25. The van der Waals surface area contributed by atoms with Crippen LogP contribution in [0.25, 0.3) is 11.3 Å². The van der Waals surface area contributed by atoms with Crippen LogP contribution in [0.3, 0.4) is 0 Å². The number of nitrogens with zero attached hydrogens (tertiary/aromatic N) is 3. The zero-order valence-electron chi connectivity index (χ0n) is 20.1. The monoisotopic (exact) mass is 413 g/mol. The lowest BCUT2D eigenvalue weighted by molar-refractivity contribution is 0.192. The zero-order chi connectivity index (χ0) is 22.3. The summed E-state index contributed by atoms with van der Waals surface area (Å²) in [5.41, 5.74) is 4.04. The molecule has 5 heteroatoms. The summed E-state index contributed by atoms with van der Waals surface area (Å²) in [5, 5.41) is 0. The average molecular weight is 414 g/mol. The van der Waals surface area contributed by atoms with Crippen LogP contribution in [0.5, 0.6) is 11.6 Å². The standard InChI is InChI=1S/C25H39N3O2/c1-9-18-16-22(30-19(10-2)11-3)24(28(8)12-4)27-23(18)20-14-15-21(17(6)7)26-25(20)29-13-5/h14-17,19H,9-13H2,1-8H3. The third-order valence-electron chi connectivity index (χ3n) is 5.48. The Morgan fingerprint density at radius 1 is 1.00 bits per heavy atom. The smallest absolute Gasteiger partial charge is 0.223 e. The molecule has 2 rings (SSSR count). The van der Waals surface area contributed by atoms with Crippen molar-refractivity contribution in [2.45, 2.75) is 79.8 Å². The minimum Gasteiger partial charge on any atom is -0.487 e. The molecule has 0 aliphatic heterocycles. The molecular weight excluding hydrogens is 374 g/mol. The third kappa shape index (κ3) is 5.44. The molecule has 0 amide bonds. The van der Waals surface area contributed by atoms with E-state index in [-0.39, 0.29) is 6.10 Å². The van der Waals surface area contributed by atoms with Gasteiger partial charge in [0.15, 0.2) is 11.6 Å². The molecular formula is C25H39N3O2. The van der Waals surface area contributed by atoms with E-state index in [9.17, 15) is 0 Å². The van der Waals surface area contributed by atoms with Crippen LogP contribution in [-0.4, -0.2) is 36.3 Å². The van der Waals surface area contributed by atoms with Crippen molar-refractivity contribution < 1.29 is 9.47 Å². The lowest BCUT2D eigenvalue weighted by Crippen LogP contribution is -2.22. The van der Waals surface area contributed by atoms with Gasteiger partial charge in [0.25, 0.3) is 0 Å². The van der Waals surface area contributed by atoms with Gasteiger partial charge >= 0.3 is 0 Å². The average Bonchev–Trinajstić information content (AvgIpc) is 2.76. The molecule has 166 valence electrons. The molecule has 0 aliphatic rings. The molecule has 0 fully saturated rings. The Labute approximate surface area is 182 Å². The van der Waals surface area contributed by atoms with E-state index in [1.807, 2.05) is 6.92 Å². The summed E-state index contributed by atoms with van der Waals surface area (Å²) in [6.07, 6.45) is 3.00. The first-order valence-electron chi connectivity index (χ1n) is 11.5. The summed E-state index contributed by atoms with van der Waals surface area (Å²) in [4.78, 5) is 12.0. The van der Waals surface area contributed by atoms with E-state index in [0.717, 1.165) is 59.9 Å². The molecule has 5 nitrogen and oxygen atoms in total. The molecule has 0 aliphatic carbocycles. The van der Waals surface area contributed by atoms with Gasteiger partial charge in [-0.15, -0.1) is 0 Å². The first-order valence-corrected chi connectivity index (χ1v) is 11.5. The normalized spacial score (nSPS) is 11.3. The van der Waals surface area contributed by atoms with Crippen LogP contribution in [0.2, 0.25) is 0 Å². The Morgan fingerprint density at radius 3 is 2.23 bits per heavy atom. The van der Waals surface area contributed by atoms with Crippen LogP contribution >= 0.6 is 0 Å². The molecule has 0 atom stereocenters. The van der Waals surface area contributed by atoms with E-state index in [1.165, 1.54) is 0 Å². The maximum atomic E-state index is 6.38. The van der Waals surface area contributed by atoms with Gasteiger partial charge in [-0.3, -0.25) is 0 Å². The van der Waals surface area contributed by atoms with Crippen LogP contribution in [0.15, 0.2) is 18.2 Å². The fourth-order valence-electron chi connectivity index (χ4n) is 3.37. The summed E-state index contributed by atoms with van der Waals surface area (Å²) in [5.74, 6) is 2.73. The van der Waals surface area contributed by atoms with Gasteiger partial charge in [0.05, 0.1) is 24.0 Å². The van der Waals surface area contributed by atoms with Crippen molar-refractivity contribution in [3.8, 4) is 22.9 Å². The Kier molecular flexibility index (Phi) is 8.94. The molecule has 0 aromatic carbocycles. The Hall–Kier alpha value is -2.30. The Bertz CT molecular complexity index is 816. The van der Waals surface area contributed by atoms with Crippen molar-refractivity contribution >= 4 is 5.82 Å². The zero-order valence-corrected chi connectivity index (χ0v) is 20.1. The molecule has 0 radical (unpaired) electrons. The predicted octanol–water partition coefficient (Wildman–Crippen LogP) is 6.25. The predicted molar refractivity (Wildman–Crippen MR) is 126 cm³/mol. The van der Waals surface area contributed by atoms with Crippen molar-refractivity contribution in [2.24, 2.45) is 0 Å². The van der Waals surface area contributed by atoms with E-state index < -0.39 is 0 Å². The molecule has 30 heavy (non-hydrogen) atoms. The number of anilines is 1. The van der Waals surface area contributed by atoms with Crippen LogP contribution in [0.1, 0.15) is 78.5 Å². The van der Waals surface area contributed by atoms with Crippen molar-refractivity contribution in [3.05, 3.63) is 29.5 Å². The first-order chi connectivity index (χ1) is 14.4. The number of hydrogen-bond acceptors (Lipinski definition) is 5. The van der Waals surface area contributed by atoms with Gasteiger partial charge < -0.3 is 14.4 Å². The number of hydrogen-bond donors (Lipinski definition) is 0. The van der Waals surface area contributed by atoms with Crippen LogP contribution in [-0.2, 0) is 6.42 Å². The molecule has 0 saturated carbocycles. The number of aromatic nitrogens is 2. The minimum atomic E-state index is 0.192. The van der Waals surface area contributed by atoms with Crippen molar-refractivity contribution in [3.63, 3.8) is 0 Å². The molecule has 0 saturated heterocycles. The van der Waals surface area contributed by atoms with Gasteiger partial charge in [0.2, 0.25) is 5.88 Å². The van der Waals surface area contributed by atoms with E-state index in [0.29, 0.717) is 18.4 Å². The molecule has 0 bridgehead atoms. The van der Waals surface area contributed by atoms with Crippen molar-refractivity contribution in [1.29, 1.82) is 0 Å². The highest BCUT2D eigenvalue weighted by Gasteiger charge is 2.21. The van der Waals surface area contributed by atoms with E-state index >= 15 is 0 Å². The van der Waals surface area contributed by atoms with Gasteiger partial charge in [-0.1, -0.05) is 34.6 Å². The highest BCUT2D eigenvalue weighted by atomic mass is 16.5. The fraction of sp³-hybridized carbons (Fsp3) is 0.600. The van der Waals surface area contributed by atoms with Crippen molar-refractivity contribution in [1.82, 2.24) is 9.97 Å². The van der Waals surface area contributed by atoms with E-state index in [1.54, 1.807) is 0 Å². The van der Waals surface area contributed by atoms with Gasteiger partial charge in [-0.25, -0.2) is 9.97 Å². The third-order valence-corrected chi connectivity index (χ3v) is 5.48. The first kappa shape index (κ1) is 24.0. The van der Waals surface area contributed by atoms with Gasteiger partial charge in [0, 0.05) is 19.3 Å². The molecule has 2 heterocycles. The highest BCUT2D eigenvalue weighted by molar-refractivity contribution is 5.72. The summed E-state index contributed by atoms with van der Waals surface area (Å²) in [7, 11) is 2.06. The highest BCUT2D eigenvalue weighted by Crippen LogP contribution is 2.37. The summed E-state index contributed by atoms with van der Waals surface area (Å²) in [6.45, 7) is 16.3. The largest absolute Gasteiger partial charge is 0.487 e. The number of ether oxygens (including phenoxy) is 2.